The lowest BCUT2D eigenvalue weighted by atomic mass is 10.3. The molecule has 0 saturated heterocycles. The van der Waals surface area contributed by atoms with Gasteiger partial charge in [-0.05, 0) is 18.2 Å². The third-order valence-corrected chi connectivity index (χ3v) is 1.92. The standard InChI is InChI=1S/C8H7F3N4.2ClH/c9-8(10,11)7-13-5-2-1-4(15-12)3-6(5)14-7;;/h1-3,15H,12H2,(H,13,14);2*1H. The highest BCUT2D eigenvalue weighted by Gasteiger charge is 2.34. The van der Waals surface area contributed by atoms with Crippen molar-refractivity contribution in [3.05, 3.63) is 24.0 Å². The van der Waals surface area contributed by atoms with Gasteiger partial charge in [-0.15, -0.1) is 24.8 Å². The smallest absolute Gasteiger partial charge is 0.334 e. The summed E-state index contributed by atoms with van der Waals surface area (Å²) in [6.07, 6.45) is -4.46. The molecule has 0 radical (unpaired) electrons. The number of nitrogens with one attached hydrogen (secondary N) is 2. The molecule has 1 aromatic carbocycles. The van der Waals surface area contributed by atoms with Gasteiger partial charge in [0.1, 0.15) is 0 Å². The molecule has 0 saturated carbocycles. The third kappa shape index (κ3) is 3.15. The average molecular weight is 289 g/mol. The summed E-state index contributed by atoms with van der Waals surface area (Å²) in [5.41, 5.74) is 3.39. The van der Waals surface area contributed by atoms with E-state index >= 15 is 0 Å². The van der Waals surface area contributed by atoms with Gasteiger partial charge in [-0.1, -0.05) is 0 Å². The molecule has 0 bridgehead atoms. The van der Waals surface area contributed by atoms with Gasteiger partial charge in [-0.25, -0.2) is 4.98 Å². The summed E-state index contributed by atoms with van der Waals surface area (Å²) in [5.74, 6) is 4.12. The average Bonchev–Trinajstić information content (AvgIpc) is 2.59. The lowest BCUT2D eigenvalue weighted by molar-refractivity contribution is -0.144. The number of rotatable bonds is 1. The first-order valence-corrected chi connectivity index (χ1v) is 4.04. The predicted octanol–water partition coefficient (Wildman–Crippen LogP) is 2.71. The molecule has 9 heteroatoms. The van der Waals surface area contributed by atoms with E-state index in [0.717, 1.165) is 0 Å². The number of nitrogens with two attached hydrogens (primary N) is 1. The van der Waals surface area contributed by atoms with Crippen LogP contribution in [0.4, 0.5) is 18.9 Å². The van der Waals surface area contributed by atoms with Crippen LogP contribution in [0.2, 0.25) is 0 Å². The Kier molecular flexibility index (Phi) is 5.06. The molecule has 0 aliphatic rings. The molecule has 17 heavy (non-hydrogen) atoms. The molecule has 0 aliphatic carbocycles. The van der Waals surface area contributed by atoms with Gasteiger partial charge >= 0.3 is 6.18 Å². The van der Waals surface area contributed by atoms with E-state index in [2.05, 4.69) is 15.4 Å². The Balaban J connectivity index is 0.00000128. The molecule has 2 rings (SSSR count). The van der Waals surface area contributed by atoms with Crippen molar-refractivity contribution in [2.75, 3.05) is 5.43 Å². The summed E-state index contributed by atoms with van der Waals surface area (Å²) >= 11 is 0. The fourth-order valence-electron chi connectivity index (χ4n) is 1.23. The molecular weight excluding hydrogens is 280 g/mol. The van der Waals surface area contributed by atoms with E-state index in [0.29, 0.717) is 5.69 Å². The lowest BCUT2D eigenvalue weighted by Gasteiger charge is -1.99. The van der Waals surface area contributed by atoms with Crippen molar-refractivity contribution in [3.63, 3.8) is 0 Å². The Hall–Kier alpha value is -1.18. The minimum atomic E-state index is -4.46. The second-order valence-corrected chi connectivity index (χ2v) is 2.96. The van der Waals surface area contributed by atoms with Gasteiger partial charge in [0.2, 0.25) is 5.82 Å². The number of hydrazine groups is 1. The van der Waals surface area contributed by atoms with Crippen molar-refractivity contribution >= 4 is 41.5 Å². The molecule has 0 unspecified atom stereocenters. The molecule has 4 N–H and O–H groups in total. The predicted molar refractivity (Wildman–Crippen MR) is 63.4 cm³/mol. The number of H-pyrrole nitrogens is 1. The molecule has 96 valence electrons. The molecule has 0 atom stereocenters. The summed E-state index contributed by atoms with van der Waals surface area (Å²) in [4.78, 5) is 5.59. The van der Waals surface area contributed by atoms with Gasteiger partial charge < -0.3 is 10.4 Å². The number of hydrogen-bond acceptors (Lipinski definition) is 3. The van der Waals surface area contributed by atoms with Gasteiger partial charge in [0.25, 0.3) is 0 Å². The zero-order valence-electron chi connectivity index (χ0n) is 8.21. The van der Waals surface area contributed by atoms with E-state index in [1.807, 2.05) is 0 Å². The molecule has 2 aromatic rings. The number of nitrogen functional groups attached to an aromatic ring is 1. The van der Waals surface area contributed by atoms with E-state index in [1.54, 1.807) is 6.07 Å². The Labute approximate surface area is 107 Å². The number of fused-ring (bicyclic) bond motifs is 1. The van der Waals surface area contributed by atoms with Crippen molar-refractivity contribution in [3.8, 4) is 0 Å². The minimum Gasteiger partial charge on any atom is -0.334 e. The molecular formula is C8H9Cl2F3N4. The largest absolute Gasteiger partial charge is 0.449 e. The van der Waals surface area contributed by atoms with Crippen LogP contribution >= 0.6 is 24.8 Å². The first-order chi connectivity index (χ1) is 7.00. The molecule has 4 nitrogen and oxygen atoms in total. The van der Waals surface area contributed by atoms with Crippen LogP contribution in [-0.2, 0) is 6.18 Å². The molecule has 1 heterocycles. The first kappa shape index (κ1) is 15.8. The third-order valence-electron chi connectivity index (χ3n) is 1.92. The van der Waals surface area contributed by atoms with Crippen molar-refractivity contribution in [2.24, 2.45) is 5.84 Å². The lowest BCUT2D eigenvalue weighted by Crippen LogP contribution is -2.07. The Morgan fingerprint density at radius 3 is 2.41 bits per heavy atom. The number of halogens is 5. The van der Waals surface area contributed by atoms with Crippen molar-refractivity contribution in [1.29, 1.82) is 0 Å². The molecule has 0 aliphatic heterocycles. The van der Waals surface area contributed by atoms with Crippen LogP contribution in [0.15, 0.2) is 18.2 Å². The van der Waals surface area contributed by atoms with E-state index in [9.17, 15) is 13.2 Å². The number of benzene rings is 1. The van der Waals surface area contributed by atoms with Gasteiger partial charge in [-0.3, -0.25) is 5.84 Å². The van der Waals surface area contributed by atoms with Crippen LogP contribution in [-0.4, -0.2) is 9.97 Å². The zero-order chi connectivity index (χ0) is 11.1. The first-order valence-electron chi connectivity index (χ1n) is 4.04. The van der Waals surface area contributed by atoms with Crippen molar-refractivity contribution in [2.45, 2.75) is 6.18 Å². The Morgan fingerprint density at radius 2 is 1.88 bits per heavy atom. The Morgan fingerprint density at radius 1 is 1.24 bits per heavy atom. The SMILES string of the molecule is Cl.Cl.NNc1ccc2nc(C(F)(F)F)[nH]c2c1. The highest BCUT2D eigenvalue weighted by Crippen LogP contribution is 2.29. The minimum absolute atomic E-state index is 0. The summed E-state index contributed by atoms with van der Waals surface area (Å²) in [5, 5.41) is 0. The van der Waals surface area contributed by atoms with Gasteiger partial charge in [-0.2, -0.15) is 13.2 Å². The molecule has 0 fully saturated rings. The summed E-state index contributed by atoms with van der Waals surface area (Å²) < 4.78 is 36.8. The normalized spacial score (nSPS) is 10.6. The van der Waals surface area contributed by atoms with Crippen LogP contribution in [0.1, 0.15) is 5.82 Å². The highest BCUT2D eigenvalue weighted by atomic mass is 35.5. The quantitative estimate of drug-likeness (QED) is 0.558. The second-order valence-electron chi connectivity index (χ2n) is 2.96. The van der Waals surface area contributed by atoms with Crippen molar-refractivity contribution in [1.82, 2.24) is 9.97 Å². The summed E-state index contributed by atoms with van der Waals surface area (Å²) in [6, 6.07) is 4.46. The van der Waals surface area contributed by atoms with Crippen LogP contribution < -0.4 is 11.3 Å². The van der Waals surface area contributed by atoms with Crippen LogP contribution in [0, 0.1) is 0 Å². The number of nitrogens with zero attached hydrogens (tertiary/aromatic N) is 1. The second kappa shape index (κ2) is 5.44. The van der Waals surface area contributed by atoms with E-state index < -0.39 is 12.0 Å². The number of aromatic amines is 1. The molecule has 0 amide bonds. The van der Waals surface area contributed by atoms with Crippen molar-refractivity contribution < 1.29 is 13.2 Å². The monoisotopic (exact) mass is 288 g/mol. The highest BCUT2D eigenvalue weighted by molar-refractivity contribution is 5.85. The Bertz CT molecular complexity index is 497. The number of hydrogen-bond donors (Lipinski definition) is 3. The molecule has 1 aromatic heterocycles. The topological polar surface area (TPSA) is 66.7 Å². The van der Waals surface area contributed by atoms with Crippen LogP contribution in [0.25, 0.3) is 11.0 Å². The summed E-state index contributed by atoms with van der Waals surface area (Å²) in [7, 11) is 0. The number of imidazole rings is 1. The zero-order valence-corrected chi connectivity index (χ0v) is 9.84. The fraction of sp³-hybridized carbons (Fsp3) is 0.125. The molecule has 0 spiro atoms. The van der Waals surface area contributed by atoms with E-state index in [1.165, 1.54) is 12.1 Å². The van der Waals surface area contributed by atoms with Gasteiger partial charge in [0, 0.05) is 0 Å². The summed E-state index contributed by atoms with van der Waals surface area (Å²) in [6.45, 7) is 0. The maximum Gasteiger partial charge on any atom is 0.449 e. The van der Waals surface area contributed by atoms with E-state index in [-0.39, 0.29) is 35.8 Å². The fourth-order valence-corrected chi connectivity index (χ4v) is 1.23. The van der Waals surface area contributed by atoms with Gasteiger partial charge in [0.05, 0.1) is 16.7 Å². The maximum atomic E-state index is 12.3. The van der Waals surface area contributed by atoms with E-state index in [4.69, 9.17) is 5.84 Å². The van der Waals surface area contributed by atoms with Crippen LogP contribution in [0.3, 0.4) is 0 Å². The number of aromatic nitrogens is 2. The maximum absolute atomic E-state index is 12.3. The number of alkyl halides is 3. The number of anilines is 1. The van der Waals surface area contributed by atoms with Gasteiger partial charge in [0.15, 0.2) is 0 Å². The van der Waals surface area contributed by atoms with Crippen LogP contribution in [0.5, 0.6) is 0 Å².